The molecule has 0 aliphatic carbocycles. The lowest BCUT2D eigenvalue weighted by Gasteiger charge is -2.42. The fraction of sp³-hybridized carbons (Fsp3) is 0.300. The molecule has 0 radical (unpaired) electrons. The molecule has 0 unspecified atom stereocenters. The standard InChI is InChI=1S/C20H25IOSi/c1-17(21)15-16-22-23(20(2,3)4,18-11-7-5-8-12-18)19-13-9-6-10-14-19/h5-15H,16H2,1-4H3. The predicted octanol–water partition coefficient (Wildman–Crippen LogP) is 4.90. The lowest BCUT2D eigenvalue weighted by Crippen LogP contribution is -2.66. The quantitative estimate of drug-likeness (QED) is 0.479. The van der Waals surface area contributed by atoms with Gasteiger partial charge in [0.15, 0.2) is 0 Å². The third-order valence-corrected chi connectivity index (χ3v) is 9.53. The Morgan fingerprint density at radius 1 is 0.957 bits per heavy atom. The molecular formula is C20H25IOSi. The SMILES string of the molecule is CC(I)=CCO[Si](c1ccccc1)(c1ccccc1)C(C)(C)C. The Labute approximate surface area is 155 Å². The zero-order valence-electron chi connectivity index (χ0n) is 14.3. The van der Waals surface area contributed by atoms with Gasteiger partial charge in [-0.2, -0.15) is 0 Å². The molecule has 0 fully saturated rings. The van der Waals surface area contributed by atoms with Gasteiger partial charge in [0.25, 0.3) is 8.32 Å². The fourth-order valence-corrected chi connectivity index (χ4v) is 7.71. The van der Waals surface area contributed by atoms with Gasteiger partial charge in [0.2, 0.25) is 0 Å². The van der Waals surface area contributed by atoms with Gasteiger partial charge in [-0.3, -0.25) is 0 Å². The first-order valence-corrected chi connectivity index (χ1v) is 10.9. The zero-order valence-corrected chi connectivity index (χ0v) is 17.5. The van der Waals surface area contributed by atoms with Crippen LogP contribution in [0, 0.1) is 0 Å². The summed E-state index contributed by atoms with van der Waals surface area (Å²) in [5, 5.41) is 2.71. The molecule has 2 aromatic carbocycles. The second kappa shape index (κ2) is 7.77. The van der Waals surface area contributed by atoms with E-state index in [1.807, 2.05) is 0 Å². The lowest BCUT2D eigenvalue weighted by molar-refractivity contribution is 0.339. The van der Waals surface area contributed by atoms with Gasteiger partial charge in [0, 0.05) is 0 Å². The third kappa shape index (κ3) is 4.14. The Bertz CT molecular complexity index is 601. The van der Waals surface area contributed by atoms with Crippen LogP contribution in [-0.2, 0) is 4.43 Å². The van der Waals surface area contributed by atoms with Crippen LogP contribution in [0.5, 0.6) is 0 Å². The van der Waals surface area contributed by atoms with E-state index in [1.165, 1.54) is 14.0 Å². The molecule has 0 N–H and O–H groups in total. The minimum atomic E-state index is -2.36. The second-order valence-electron chi connectivity index (χ2n) is 6.77. The fourth-order valence-electron chi connectivity index (χ4n) is 3.04. The van der Waals surface area contributed by atoms with E-state index < -0.39 is 8.32 Å². The number of halogens is 1. The van der Waals surface area contributed by atoms with E-state index >= 15 is 0 Å². The van der Waals surface area contributed by atoms with Gasteiger partial charge in [0.1, 0.15) is 0 Å². The summed E-state index contributed by atoms with van der Waals surface area (Å²) in [4.78, 5) is 0. The normalized spacial score (nSPS) is 13.2. The first-order chi connectivity index (χ1) is 10.9. The largest absolute Gasteiger partial charge is 0.404 e. The minimum Gasteiger partial charge on any atom is -0.404 e. The maximum absolute atomic E-state index is 6.73. The van der Waals surface area contributed by atoms with Crippen molar-refractivity contribution in [3.8, 4) is 0 Å². The van der Waals surface area contributed by atoms with Crippen molar-refractivity contribution in [3.05, 3.63) is 70.3 Å². The van der Waals surface area contributed by atoms with E-state index in [9.17, 15) is 0 Å². The summed E-state index contributed by atoms with van der Waals surface area (Å²) in [6.07, 6.45) is 2.17. The predicted molar refractivity (Wildman–Crippen MR) is 111 cm³/mol. The van der Waals surface area contributed by atoms with Gasteiger partial charge in [-0.25, -0.2) is 0 Å². The average Bonchev–Trinajstić information content (AvgIpc) is 2.52. The zero-order chi connectivity index (χ0) is 16.9. The topological polar surface area (TPSA) is 9.23 Å². The molecule has 0 saturated heterocycles. The highest BCUT2D eigenvalue weighted by Crippen LogP contribution is 2.36. The van der Waals surface area contributed by atoms with Crippen molar-refractivity contribution in [2.75, 3.05) is 6.61 Å². The Balaban J connectivity index is 2.62. The van der Waals surface area contributed by atoms with Crippen LogP contribution < -0.4 is 10.4 Å². The molecule has 1 nitrogen and oxygen atoms in total. The minimum absolute atomic E-state index is 0.0444. The average molecular weight is 436 g/mol. The Kier molecular flexibility index (Phi) is 6.23. The molecule has 0 heterocycles. The van der Waals surface area contributed by atoms with E-state index in [0.29, 0.717) is 6.61 Å². The van der Waals surface area contributed by atoms with Crippen molar-refractivity contribution in [3.63, 3.8) is 0 Å². The van der Waals surface area contributed by atoms with Crippen molar-refractivity contribution in [1.29, 1.82) is 0 Å². The highest BCUT2D eigenvalue weighted by Gasteiger charge is 2.49. The summed E-state index contributed by atoms with van der Waals surface area (Å²) in [5.41, 5.74) is 0. The van der Waals surface area contributed by atoms with Crippen molar-refractivity contribution < 1.29 is 4.43 Å². The van der Waals surface area contributed by atoms with E-state index in [2.05, 4.69) is 117 Å². The summed E-state index contributed by atoms with van der Waals surface area (Å²) in [7, 11) is -2.36. The highest BCUT2D eigenvalue weighted by atomic mass is 127. The van der Waals surface area contributed by atoms with Gasteiger partial charge in [-0.1, -0.05) is 87.5 Å². The lowest BCUT2D eigenvalue weighted by atomic mass is 10.2. The Morgan fingerprint density at radius 2 is 1.39 bits per heavy atom. The molecule has 0 aromatic heterocycles. The molecule has 23 heavy (non-hydrogen) atoms. The number of allylic oxidation sites excluding steroid dienone is 1. The van der Waals surface area contributed by atoms with Crippen LogP contribution in [0.15, 0.2) is 70.3 Å². The molecule has 0 bridgehead atoms. The molecular weight excluding hydrogens is 411 g/mol. The highest BCUT2D eigenvalue weighted by molar-refractivity contribution is 14.1. The van der Waals surface area contributed by atoms with E-state index in [1.54, 1.807) is 0 Å². The summed E-state index contributed by atoms with van der Waals surface area (Å²) in [5.74, 6) is 0. The molecule has 0 atom stereocenters. The van der Waals surface area contributed by atoms with Crippen LogP contribution in [0.2, 0.25) is 5.04 Å². The van der Waals surface area contributed by atoms with Gasteiger partial charge in [-0.15, -0.1) is 0 Å². The van der Waals surface area contributed by atoms with Gasteiger partial charge in [0.05, 0.1) is 6.61 Å². The number of hydrogen-bond donors (Lipinski definition) is 0. The molecule has 2 aromatic rings. The van der Waals surface area contributed by atoms with Crippen molar-refractivity contribution in [2.45, 2.75) is 32.7 Å². The van der Waals surface area contributed by atoms with Gasteiger partial charge in [-0.05, 0) is 48.5 Å². The van der Waals surface area contributed by atoms with Crippen LogP contribution >= 0.6 is 22.6 Å². The van der Waals surface area contributed by atoms with Crippen molar-refractivity contribution >= 4 is 41.3 Å². The number of rotatable bonds is 5. The first kappa shape index (κ1) is 18.4. The number of benzene rings is 2. The second-order valence-corrected chi connectivity index (χ2v) is 12.8. The molecule has 0 spiro atoms. The van der Waals surface area contributed by atoms with Gasteiger partial charge < -0.3 is 4.43 Å². The molecule has 3 heteroatoms. The molecule has 0 aliphatic rings. The summed E-state index contributed by atoms with van der Waals surface area (Å²) in [6.45, 7) is 9.68. The van der Waals surface area contributed by atoms with E-state index in [0.717, 1.165) is 0 Å². The van der Waals surface area contributed by atoms with E-state index in [4.69, 9.17) is 4.43 Å². The van der Waals surface area contributed by atoms with Crippen molar-refractivity contribution in [1.82, 2.24) is 0 Å². The maximum Gasteiger partial charge on any atom is 0.261 e. The summed E-state index contributed by atoms with van der Waals surface area (Å²) >= 11 is 2.34. The van der Waals surface area contributed by atoms with Gasteiger partial charge >= 0.3 is 0 Å². The smallest absolute Gasteiger partial charge is 0.261 e. The van der Waals surface area contributed by atoms with Crippen LogP contribution in [0.25, 0.3) is 0 Å². The maximum atomic E-state index is 6.73. The summed E-state index contributed by atoms with van der Waals surface area (Å²) in [6, 6.07) is 21.5. The summed E-state index contributed by atoms with van der Waals surface area (Å²) < 4.78 is 8.00. The molecule has 2 rings (SSSR count). The monoisotopic (exact) mass is 436 g/mol. The van der Waals surface area contributed by atoms with Crippen LogP contribution in [0.4, 0.5) is 0 Å². The third-order valence-electron chi connectivity index (χ3n) is 4.08. The van der Waals surface area contributed by atoms with Crippen LogP contribution in [-0.4, -0.2) is 14.9 Å². The Morgan fingerprint density at radius 3 is 1.74 bits per heavy atom. The molecule has 0 saturated carbocycles. The van der Waals surface area contributed by atoms with Crippen molar-refractivity contribution in [2.24, 2.45) is 0 Å². The molecule has 0 amide bonds. The first-order valence-electron chi connectivity index (χ1n) is 7.95. The number of hydrogen-bond acceptors (Lipinski definition) is 1. The van der Waals surface area contributed by atoms with Crippen LogP contribution in [0.3, 0.4) is 0 Å². The van der Waals surface area contributed by atoms with E-state index in [-0.39, 0.29) is 5.04 Å². The molecule has 122 valence electrons. The Hall–Kier alpha value is -0.913. The molecule has 0 aliphatic heterocycles. The van der Waals surface area contributed by atoms with Crippen LogP contribution in [0.1, 0.15) is 27.7 Å².